The van der Waals surface area contributed by atoms with Gasteiger partial charge in [-0.3, -0.25) is 9.59 Å². The Hall–Kier alpha value is -4.33. The van der Waals surface area contributed by atoms with Gasteiger partial charge in [0.05, 0.1) is 5.52 Å². The van der Waals surface area contributed by atoms with E-state index in [9.17, 15) is 9.59 Å². The minimum absolute atomic E-state index is 0.121. The van der Waals surface area contributed by atoms with Crippen LogP contribution in [0.2, 0.25) is 0 Å². The summed E-state index contributed by atoms with van der Waals surface area (Å²) in [5.41, 5.74) is 3.43. The lowest BCUT2D eigenvalue weighted by atomic mass is 9.92. The Morgan fingerprint density at radius 2 is 1.58 bits per heavy atom. The number of amides is 2. The van der Waals surface area contributed by atoms with Gasteiger partial charge in [0.25, 0.3) is 5.91 Å². The largest absolute Gasteiger partial charge is 0.356 e. The number of aromatic nitrogens is 3. The number of likely N-dealkylation sites (tertiary alicyclic amines) is 1. The van der Waals surface area contributed by atoms with Crippen LogP contribution in [0.3, 0.4) is 0 Å². The van der Waals surface area contributed by atoms with Crippen molar-refractivity contribution in [1.29, 1.82) is 0 Å². The molecule has 0 radical (unpaired) electrons. The Balaban J connectivity index is 1.12. The molecule has 8 heteroatoms. The number of fused-ring (bicyclic) bond motifs is 2. The Labute approximate surface area is 221 Å². The molecule has 0 spiro atoms. The molecule has 0 bridgehead atoms. The number of benzene rings is 2. The maximum Gasteiger partial charge on any atom is 0.293 e. The van der Waals surface area contributed by atoms with Gasteiger partial charge >= 0.3 is 0 Å². The Morgan fingerprint density at radius 1 is 0.868 bits per heavy atom. The minimum atomic E-state index is -0.354. The second-order valence-electron chi connectivity index (χ2n) is 10.2. The van der Waals surface area contributed by atoms with E-state index >= 15 is 0 Å². The van der Waals surface area contributed by atoms with Crippen LogP contribution in [0.5, 0.6) is 0 Å². The molecule has 2 aliphatic heterocycles. The number of nitrogens with one attached hydrogen (secondary N) is 1. The van der Waals surface area contributed by atoms with E-state index in [1.165, 1.54) is 0 Å². The van der Waals surface area contributed by atoms with Crippen molar-refractivity contribution in [3.8, 4) is 11.1 Å². The topological polar surface area (TPSA) is 91.3 Å². The molecule has 2 aromatic heterocycles. The van der Waals surface area contributed by atoms with Gasteiger partial charge in [-0.2, -0.15) is 0 Å². The molecule has 1 N–H and O–H groups in total. The summed E-state index contributed by atoms with van der Waals surface area (Å²) in [4.78, 5) is 42.3. The smallest absolute Gasteiger partial charge is 0.293 e. The molecule has 0 saturated carbocycles. The molecule has 4 aromatic rings. The van der Waals surface area contributed by atoms with Gasteiger partial charge in [-0.15, -0.1) is 0 Å². The highest BCUT2D eigenvalue weighted by atomic mass is 16.2. The van der Waals surface area contributed by atoms with Crippen LogP contribution >= 0.6 is 0 Å². The standard InChI is InChI=1S/C30H30N6O2/c1-20(37)35-13-11-23-18-36(19-24(23)12-14-35)28-10-7-22-15-26(8-9-27(22)34-28)33-30(38)29-31-16-25(17-32-29)21-5-3-2-4-6-21/h2-10,15-17,23-24H,11-14,18-19H2,1H3,(H,33,38). The fourth-order valence-electron chi connectivity index (χ4n) is 5.63. The van der Waals surface area contributed by atoms with E-state index in [-0.39, 0.29) is 17.6 Å². The third kappa shape index (κ3) is 4.94. The third-order valence-corrected chi connectivity index (χ3v) is 7.78. The number of pyridine rings is 1. The molecular formula is C30H30N6O2. The zero-order valence-electron chi connectivity index (χ0n) is 21.4. The van der Waals surface area contributed by atoms with Gasteiger partial charge in [-0.25, -0.2) is 15.0 Å². The molecule has 2 saturated heterocycles. The fraction of sp³-hybridized carbons (Fsp3) is 0.300. The van der Waals surface area contributed by atoms with Gasteiger partial charge in [-0.1, -0.05) is 30.3 Å². The van der Waals surface area contributed by atoms with Crippen molar-refractivity contribution in [3.63, 3.8) is 0 Å². The van der Waals surface area contributed by atoms with E-state index in [4.69, 9.17) is 4.98 Å². The molecular weight excluding hydrogens is 476 g/mol. The van der Waals surface area contributed by atoms with Crippen LogP contribution in [0.4, 0.5) is 11.5 Å². The van der Waals surface area contributed by atoms with Gasteiger partial charge in [-0.05, 0) is 60.6 Å². The summed E-state index contributed by atoms with van der Waals surface area (Å²) in [6.45, 7) is 5.33. The summed E-state index contributed by atoms with van der Waals surface area (Å²) >= 11 is 0. The normalized spacial score (nSPS) is 19.2. The zero-order chi connectivity index (χ0) is 26.1. The number of rotatable bonds is 4. The quantitative estimate of drug-likeness (QED) is 0.434. The maximum absolute atomic E-state index is 12.8. The SMILES string of the molecule is CC(=O)N1CCC2CN(c3ccc4cc(NC(=O)c5ncc(-c6ccccc6)cn5)ccc4n3)CC2CC1. The zero-order valence-corrected chi connectivity index (χ0v) is 21.4. The molecule has 6 rings (SSSR count). The van der Waals surface area contributed by atoms with Crippen LogP contribution in [0, 0.1) is 11.8 Å². The monoisotopic (exact) mass is 506 g/mol. The number of hydrogen-bond acceptors (Lipinski definition) is 6. The van der Waals surface area contributed by atoms with Gasteiger partial charge in [0.2, 0.25) is 11.7 Å². The highest BCUT2D eigenvalue weighted by Crippen LogP contribution is 2.34. The second-order valence-corrected chi connectivity index (χ2v) is 10.2. The van der Waals surface area contributed by atoms with Crippen molar-refractivity contribution < 1.29 is 9.59 Å². The summed E-state index contributed by atoms with van der Waals surface area (Å²) in [6, 6.07) is 19.7. The lowest BCUT2D eigenvalue weighted by Crippen LogP contribution is -2.31. The Kier molecular flexibility index (Phi) is 6.45. The average molecular weight is 507 g/mol. The number of nitrogens with zero attached hydrogens (tertiary/aromatic N) is 5. The first kappa shape index (κ1) is 24.0. The van der Waals surface area contributed by atoms with Crippen LogP contribution < -0.4 is 10.2 Å². The molecule has 2 atom stereocenters. The Bertz CT molecular complexity index is 1460. The molecule has 2 fully saturated rings. The molecule has 0 aliphatic carbocycles. The van der Waals surface area contributed by atoms with Crippen molar-refractivity contribution in [2.24, 2.45) is 11.8 Å². The predicted molar refractivity (Wildman–Crippen MR) is 148 cm³/mol. The van der Waals surface area contributed by atoms with E-state index < -0.39 is 0 Å². The van der Waals surface area contributed by atoms with E-state index in [2.05, 4.69) is 32.3 Å². The number of carbonyl (C=O) groups is 2. The summed E-state index contributed by atoms with van der Waals surface area (Å²) < 4.78 is 0. The lowest BCUT2D eigenvalue weighted by Gasteiger charge is -2.21. The Morgan fingerprint density at radius 3 is 2.26 bits per heavy atom. The van der Waals surface area contributed by atoms with Gasteiger partial charge in [0.1, 0.15) is 5.82 Å². The van der Waals surface area contributed by atoms with Crippen molar-refractivity contribution in [2.75, 3.05) is 36.4 Å². The van der Waals surface area contributed by atoms with Crippen LogP contribution in [0.15, 0.2) is 73.1 Å². The van der Waals surface area contributed by atoms with E-state index in [0.717, 1.165) is 66.9 Å². The van der Waals surface area contributed by atoms with Crippen molar-refractivity contribution >= 4 is 34.2 Å². The minimum Gasteiger partial charge on any atom is -0.356 e. The van der Waals surface area contributed by atoms with Gasteiger partial charge < -0.3 is 15.1 Å². The van der Waals surface area contributed by atoms with E-state index in [1.807, 2.05) is 53.4 Å². The highest BCUT2D eigenvalue weighted by molar-refractivity contribution is 6.02. The molecule has 2 aliphatic rings. The van der Waals surface area contributed by atoms with Gasteiger partial charge in [0.15, 0.2) is 0 Å². The fourth-order valence-corrected chi connectivity index (χ4v) is 5.63. The first-order valence-corrected chi connectivity index (χ1v) is 13.1. The van der Waals surface area contributed by atoms with Crippen LogP contribution in [-0.4, -0.2) is 57.8 Å². The first-order chi connectivity index (χ1) is 18.5. The predicted octanol–water partition coefficient (Wildman–Crippen LogP) is 4.64. The molecule has 4 heterocycles. The average Bonchev–Trinajstić information content (AvgIpc) is 3.25. The molecule has 2 unspecified atom stereocenters. The number of anilines is 2. The van der Waals surface area contributed by atoms with Crippen molar-refractivity contribution in [1.82, 2.24) is 19.9 Å². The van der Waals surface area contributed by atoms with Crippen LogP contribution in [0.1, 0.15) is 30.4 Å². The van der Waals surface area contributed by atoms with Crippen LogP contribution in [0.25, 0.3) is 22.0 Å². The number of carbonyl (C=O) groups excluding carboxylic acids is 2. The van der Waals surface area contributed by atoms with Crippen LogP contribution in [-0.2, 0) is 4.79 Å². The summed E-state index contributed by atoms with van der Waals surface area (Å²) in [6.07, 6.45) is 5.43. The number of hydrogen-bond donors (Lipinski definition) is 1. The third-order valence-electron chi connectivity index (χ3n) is 7.78. The molecule has 2 aromatic carbocycles. The van der Waals surface area contributed by atoms with E-state index in [0.29, 0.717) is 17.5 Å². The van der Waals surface area contributed by atoms with Gasteiger partial charge in [0, 0.05) is 62.1 Å². The maximum atomic E-state index is 12.8. The molecule has 38 heavy (non-hydrogen) atoms. The summed E-state index contributed by atoms with van der Waals surface area (Å²) in [5.74, 6) is 2.13. The first-order valence-electron chi connectivity index (χ1n) is 13.1. The van der Waals surface area contributed by atoms with Crippen molar-refractivity contribution in [3.05, 3.63) is 78.9 Å². The lowest BCUT2D eigenvalue weighted by molar-refractivity contribution is -0.128. The highest BCUT2D eigenvalue weighted by Gasteiger charge is 2.35. The molecule has 192 valence electrons. The summed E-state index contributed by atoms with van der Waals surface area (Å²) in [5, 5.41) is 3.86. The van der Waals surface area contributed by atoms with Crippen molar-refractivity contribution in [2.45, 2.75) is 19.8 Å². The molecule has 8 nitrogen and oxygen atoms in total. The van der Waals surface area contributed by atoms with E-state index in [1.54, 1.807) is 19.3 Å². The second kappa shape index (κ2) is 10.2. The summed E-state index contributed by atoms with van der Waals surface area (Å²) in [7, 11) is 0. The molecule has 2 amide bonds.